The number of halogens is 1. The van der Waals surface area contributed by atoms with Gasteiger partial charge in [-0.15, -0.1) is 0 Å². The van der Waals surface area contributed by atoms with Crippen LogP contribution in [-0.2, 0) is 10.0 Å². The van der Waals surface area contributed by atoms with Gasteiger partial charge in [0.2, 0.25) is 10.0 Å². The highest BCUT2D eigenvalue weighted by Crippen LogP contribution is 2.12. The molecule has 0 aliphatic heterocycles. The first-order valence-electron chi connectivity index (χ1n) is 6.26. The van der Waals surface area contributed by atoms with Gasteiger partial charge < -0.3 is 5.73 Å². The monoisotopic (exact) mass is 289 g/mol. The number of hydrogen-bond donors (Lipinski definition) is 2. The molecule has 19 heavy (non-hydrogen) atoms. The van der Waals surface area contributed by atoms with Crippen LogP contribution in [0.1, 0.15) is 26.7 Å². The van der Waals surface area contributed by atoms with E-state index in [-0.39, 0.29) is 23.4 Å². The number of nitrogens with zero attached hydrogens (tertiary/aromatic N) is 1. The minimum Gasteiger partial charge on any atom is -0.326 e. The van der Waals surface area contributed by atoms with Gasteiger partial charge in [-0.2, -0.15) is 0 Å². The van der Waals surface area contributed by atoms with Crippen molar-refractivity contribution >= 4 is 10.0 Å². The highest BCUT2D eigenvalue weighted by Gasteiger charge is 2.19. The molecule has 5 nitrogen and oxygen atoms in total. The minimum absolute atomic E-state index is 0.130. The summed E-state index contributed by atoms with van der Waals surface area (Å²) in [4.78, 5) is 3.33. The number of nitrogens with one attached hydrogen (secondary N) is 1. The lowest BCUT2D eigenvalue weighted by Crippen LogP contribution is -2.41. The third-order valence-electron chi connectivity index (χ3n) is 3.15. The summed E-state index contributed by atoms with van der Waals surface area (Å²) in [6.07, 6.45) is 3.84. The zero-order chi connectivity index (χ0) is 14.5. The Morgan fingerprint density at radius 3 is 2.53 bits per heavy atom. The third kappa shape index (κ3) is 4.52. The smallest absolute Gasteiger partial charge is 0.242 e. The summed E-state index contributed by atoms with van der Waals surface area (Å²) in [5, 5.41) is 0. The maximum Gasteiger partial charge on any atom is 0.242 e. The molecule has 0 fully saturated rings. The fraction of sp³-hybridized carbons (Fsp3) is 0.583. The zero-order valence-corrected chi connectivity index (χ0v) is 12.0. The first-order chi connectivity index (χ1) is 8.90. The molecular formula is C12H20FN3O2S. The average molecular weight is 289 g/mol. The van der Waals surface area contributed by atoms with Crippen LogP contribution in [0.2, 0.25) is 0 Å². The van der Waals surface area contributed by atoms with Crippen molar-refractivity contribution in [3.05, 3.63) is 24.3 Å². The van der Waals surface area contributed by atoms with E-state index in [0.717, 1.165) is 31.3 Å². The van der Waals surface area contributed by atoms with E-state index >= 15 is 0 Å². The van der Waals surface area contributed by atoms with Gasteiger partial charge in [0.15, 0.2) is 0 Å². The van der Waals surface area contributed by atoms with E-state index < -0.39 is 15.8 Å². The van der Waals surface area contributed by atoms with Crippen LogP contribution in [0.5, 0.6) is 0 Å². The fourth-order valence-electron chi connectivity index (χ4n) is 1.89. The Bertz CT molecular complexity index is 503. The van der Waals surface area contributed by atoms with Crippen LogP contribution in [-0.4, -0.2) is 26.0 Å². The van der Waals surface area contributed by atoms with E-state index in [1.165, 1.54) is 0 Å². The molecule has 0 spiro atoms. The van der Waals surface area contributed by atoms with E-state index in [0.29, 0.717) is 0 Å². The summed E-state index contributed by atoms with van der Waals surface area (Å²) in [6.45, 7) is 4.16. The van der Waals surface area contributed by atoms with Gasteiger partial charge in [0.1, 0.15) is 10.7 Å². The predicted octanol–water partition coefficient (Wildman–Crippen LogP) is 1.26. The summed E-state index contributed by atoms with van der Waals surface area (Å²) in [5.41, 5.74) is 5.94. The lowest BCUT2D eigenvalue weighted by atomic mass is 9.95. The first kappa shape index (κ1) is 16.0. The molecule has 0 aromatic carbocycles. The molecule has 1 aromatic heterocycles. The molecular weight excluding hydrogens is 269 g/mol. The van der Waals surface area contributed by atoms with Gasteiger partial charge in [0.05, 0.1) is 6.20 Å². The Kier molecular flexibility index (Phi) is 5.84. The molecule has 1 heterocycles. The zero-order valence-electron chi connectivity index (χ0n) is 11.1. The Morgan fingerprint density at radius 2 is 2.00 bits per heavy atom. The molecule has 0 saturated heterocycles. The van der Waals surface area contributed by atoms with Gasteiger partial charge in [-0.1, -0.05) is 26.7 Å². The second-order valence-corrected chi connectivity index (χ2v) is 6.20. The van der Waals surface area contributed by atoms with Crippen molar-refractivity contribution in [2.24, 2.45) is 11.7 Å². The molecule has 1 aromatic rings. The van der Waals surface area contributed by atoms with Crippen molar-refractivity contribution in [2.75, 3.05) is 6.54 Å². The number of hydrogen-bond acceptors (Lipinski definition) is 4. The predicted molar refractivity (Wildman–Crippen MR) is 71.4 cm³/mol. The van der Waals surface area contributed by atoms with Crippen molar-refractivity contribution in [2.45, 2.75) is 37.6 Å². The molecule has 1 rings (SSSR count). The molecule has 0 amide bonds. The van der Waals surface area contributed by atoms with Crippen LogP contribution in [0.3, 0.4) is 0 Å². The van der Waals surface area contributed by atoms with E-state index in [2.05, 4.69) is 9.71 Å². The second-order valence-electron chi connectivity index (χ2n) is 4.43. The van der Waals surface area contributed by atoms with Crippen LogP contribution in [0.4, 0.5) is 4.39 Å². The number of aromatic nitrogens is 1. The summed E-state index contributed by atoms with van der Waals surface area (Å²) >= 11 is 0. The van der Waals surface area contributed by atoms with Crippen LogP contribution < -0.4 is 10.5 Å². The molecule has 7 heteroatoms. The molecule has 0 saturated carbocycles. The van der Waals surface area contributed by atoms with E-state index in [9.17, 15) is 12.8 Å². The Balaban J connectivity index is 2.71. The van der Waals surface area contributed by atoms with Gasteiger partial charge in [-0.25, -0.2) is 17.5 Å². The number of nitrogens with two attached hydrogens (primary N) is 1. The maximum absolute atomic E-state index is 13.0. The van der Waals surface area contributed by atoms with Crippen LogP contribution in [0.15, 0.2) is 23.4 Å². The number of rotatable bonds is 7. The first-order valence-corrected chi connectivity index (χ1v) is 7.74. The van der Waals surface area contributed by atoms with Crippen LogP contribution in [0, 0.1) is 11.7 Å². The quantitative estimate of drug-likeness (QED) is 0.791. The van der Waals surface area contributed by atoms with Crippen molar-refractivity contribution in [3.63, 3.8) is 0 Å². The van der Waals surface area contributed by atoms with Gasteiger partial charge in [-0.05, 0) is 12.0 Å². The van der Waals surface area contributed by atoms with Gasteiger partial charge in [0.25, 0.3) is 0 Å². The summed E-state index contributed by atoms with van der Waals surface area (Å²) in [7, 11) is -3.76. The van der Waals surface area contributed by atoms with E-state index in [1.807, 2.05) is 13.8 Å². The Labute approximate surface area is 113 Å². The Hall–Kier alpha value is -1.05. The topological polar surface area (TPSA) is 85.1 Å². The highest BCUT2D eigenvalue weighted by molar-refractivity contribution is 7.89. The standard InChI is InChI=1S/C12H20FN3O2S/c1-3-9(4-2)12(14)8-16-19(17,18)11-5-10(13)6-15-7-11/h5-7,9,12,16H,3-4,8,14H2,1-2H3. The minimum atomic E-state index is -3.76. The van der Waals surface area contributed by atoms with Crippen LogP contribution in [0.25, 0.3) is 0 Å². The van der Waals surface area contributed by atoms with E-state index in [1.54, 1.807) is 0 Å². The van der Waals surface area contributed by atoms with Crippen molar-refractivity contribution in [1.29, 1.82) is 0 Å². The summed E-state index contributed by atoms with van der Waals surface area (Å²) in [6, 6.07) is 0.670. The normalized spacial score (nSPS) is 13.7. The molecule has 1 atom stereocenters. The Morgan fingerprint density at radius 1 is 1.37 bits per heavy atom. The van der Waals surface area contributed by atoms with E-state index in [4.69, 9.17) is 5.73 Å². The van der Waals surface area contributed by atoms with Crippen LogP contribution >= 0.6 is 0 Å². The largest absolute Gasteiger partial charge is 0.326 e. The summed E-state index contributed by atoms with van der Waals surface area (Å²) in [5.74, 6) is -0.430. The number of sulfonamides is 1. The fourth-order valence-corrected chi connectivity index (χ4v) is 2.94. The molecule has 0 aliphatic carbocycles. The SMILES string of the molecule is CCC(CC)C(N)CNS(=O)(=O)c1cncc(F)c1. The van der Waals surface area contributed by atoms with Gasteiger partial charge in [-0.3, -0.25) is 4.98 Å². The molecule has 108 valence electrons. The molecule has 0 radical (unpaired) electrons. The van der Waals surface area contributed by atoms with Crippen molar-refractivity contribution < 1.29 is 12.8 Å². The van der Waals surface area contributed by atoms with Crippen molar-refractivity contribution in [1.82, 2.24) is 9.71 Å². The van der Waals surface area contributed by atoms with Gasteiger partial charge in [0, 0.05) is 18.8 Å². The third-order valence-corrected chi connectivity index (χ3v) is 4.54. The summed E-state index contributed by atoms with van der Waals surface area (Å²) < 4.78 is 39.2. The molecule has 0 aliphatic rings. The molecule has 1 unspecified atom stereocenters. The van der Waals surface area contributed by atoms with Gasteiger partial charge >= 0.3 is 0 Å². The second kappa shape index (κ2) is 6.93. The molecule has 3 N–H and O–H groups in total. The lowest BCUT2D eigenvalue weighted by Gasteiger charge is -2.21. The van der Waals surface area contributed by atoms with Crippen molar-refractivity contribution in [3.8, 4) is 0 Å². The number of pyridine rings is 1. The lowest BCUT2D eigenvalue weighted by molar-refractivity contribution is 0.392. The highest BCUT2D eigenvalue weighted by atomic mass is 32.2. The molecule has 0 bridgehead atoms. The average Bonchev–Trinajstić information content (AvgIpc) is 2.38. The maximum atomic E-state index is 13.0.